The topological polar surface area (TPSA) is 54.8 Å². The van der Waals surface area contributed by atoms with Crippen LogP contribution in [0, 0.1) is 0 Å². The molecular formula is C22H19Cl2N3O2. The Hall–Kier alpha value is -2.63. The van der Waals surface area contributed by atoms with Crippen LogP contribution in [-0.2, 0) is 4.79 Å². The quantitative estimate of drug-likeness (QED) is 0.506. The largest absolute Gasteiger partial charge is 0.497 e. The van der Waals surface area contributed by atoms with Crippen LogP contribution in [0.15, 0.2) is 53.6 Å². The number of fused-ring (bicyclic) bond motifs is 1. The molecule has 0 bridgehead atoms. The molecule has 2 heterocycles. The van der Waals surface area contributed by atoms with Crippen molar-refractivity contribution < 1.29 is 9.53 Å². The molecule has 0 fully saturated rings. The molecule has 7 heteroatoms. The lowest BCUT2D eigenvalue weighted by molar-refractivity contribution is -0.132. The van der Waals surface area contributed by atoms with Gasteiger partial charge in [0.25, 0.3) is 0 Å². The van der Waals surface area contributed by atoms with E-state index in [2.05, 4.69) is 10.1 Å². The highest BCUT2D eigenvalue weighted by atomic mass is 35.5. The van der Waals surface area contributed by atoms with Gasteiger partial charge in [-0.15, -0.1) is 0 Å². The Kier molecular flexibility index (Phi) is 5.43. The summed E-state index contributed by atoms with van der Waals surface area (Å²) in [7, 11) is 1.61. The predicted octanol–water partition coefficient (Wildman–Crippen LogP) is 5.64. The molecule has 1 amide bonds. The van der Waals surface area contributed by atoms with Gasteiger partial charge in [0.05, 0.1) is 24.4 Å². The summed E-state index contributed by atoms with van der Waals surface area (Å²) in [5.41, 5.74) is 3.20. The molecule has 0 saturated heterocycles. The van der Waals surface area contributed by atoms with Crippen molar-refractivity contribution in [2.45, 2.75) is 25.8 Å². The first kappa shape index (κ1) is 19.7. The Morgan fingerprint density at radius 1 is 1.21 bits per heavy atom. The van der Waals surface area contributed by atoms with Crippen molar-refractivity contribution in [2.75, 3.05) is 7.11 Å². The van der Waals surface area contributed by atoms with Crippen molar-refractivity contribution in [1.82, 2.24) is 9.99 Å². The number of rotatable bonds is 4. The first-order valence-electron chi connectivity index (χ1n) is 9.29. The monoisotopic (exact) mass is 427 g/mol. The number of nitrogens with zero attached hydrogens (tertiary/aromatic N) is 3. The smallest absolute Gasteiger partial charge is 0.242 e. The van der Waals surface area contributed by atoms with Crippen LogP contribution in [0.5, 0.6) is 5.75 Å². The van der Waals surface area contributed by atoms with Crippen LogP contribution in [-0.4, -0.2) is 28.7 Å². The van der Waals surface area contributed by atoms with Gasteiger partial charge in [-0.3, -0.25) is 4.79 Å². The molecule has 1 unspecified atom stereocenters. The van der Waals surface area contributed by atoms with Crippen LogP contribution in [0.4, 0.5) is 0 Å². The lowest BCUT2D eigenvalue weighted by Crippen LogP contribution is -2.26. The SMILES string of the molecule is CCC(=O)N1N=C(c2cccc(Cl)c2)CC1c1cc2ccc(OC)cc2nc1Cl. The summed E-state index contributed by atoms with van der Waals surface area (Å²) >= 11 is 12.7. The molecule has 29 heavy (non-hydrogen) atoms. The molecular weight excluding hydrogens is 409 g/mol. The number of halogens is 2. The number of amides is 1. The third kappa shape index (κ3) is 3.80. The maximum atomic E-state index is 12.6. The van der Waals surface area contributed by atoms with Gasteiger partial charge < -0.3 is 4.74 Å². The van der Waals surface area contributed by atoms with Gasteiger partial charge in [-0.25, -0.2) is 9.99 Å². The third-order valence-electron chi connectivity index (χ3n) is 4.99. The standard InChI is InChI=1S/C22H19Cl2N3O2/c1-3-21(28)27-20(12-19(26-27)13-5-4-6-15(23)9-13)17-10-14-7-8-16(29-2)11-18(14)25-22(17)24/h4-11,20H,3,12H2,1-2H3. The van der Waals surface area contributed by atoms with Crippen LogP contribution in [0.2, 0.25) is 10.2 Å². The van der Waals surface area contributed by atoms with E-state index < -0.39 is 0 Å². The van der Waals surface area contributed by atoms with Gasteiger partial charge in [-0.1, -0.05) is 42.3 Å². The molecule has 3 aromatic rings. The molecule has 148 valence electrons. The fourth-order valence-corrected chi connectivity index (χ4v) is 3.95. The van der Waals surface area contributed by atoms with Crippen molar-refractivity contribution >= 4 is 45.7 Å². The summed E-state index contributed by atoms with van der Waals surface area (Å²) in [6.07, 6.45) is 0.883. The average Bonchev–Trinajstić information content (AvgIpc) is 3.17. The highest BCUT2D eigenvalue weighted by Crippen LogP contribution is 2.38. The minimum Gasteiger partial charge on any atom is -0.497 e. The van der Waals surface area contributed by atoms with Crippen molar-refractivity contribution in [1.29, 1.82) is 0 Å². The zero-order valence-electron chi connectivity index (χ0n) is 16.0. The van der Waals surface area contributed by atoms with Gasteiger partial charge in [-0.05, 0) is 35.9 Å². The maximum Gasteiger partial charge on any atom is 0.242 e. The van der Waals surface area contributed by atoms with E-state index in [4.69, 9.17) is 27.9 Å². The number of methoxy groups -OCH3 is 1. The number of aromatic nitrogens is 1. The van der Waals surface area contributed by atoms with Gasteiger partial charge in [-0.2, -0.15) is 5.10 Å². The summed E-state index contributed by atoms with van der Waals surface area (Å²) in [6, 6.07) is 14.8. The number of hydrogen-bond donors (Lipinski definition) is 0. The highest BCUT2D eigenvalue weighted by Gasteiger charge is 2.34. The second-order valence-corrected chi connectivity index (χ2v) is 7.59. The van der Waals surface area contributed by atoms with Crippen LogP contribution < -0.4 is 4.74 Å². The van der Waals surface area contributed by atoms with E-state index in [1.54, 1.807) is 7.11 Å². The average molecular weight is 428 g/mol. The maximum absolute atomic E-state index is 12.6. The Morgan fingerprint density at radius 3 is 2.76 bits per heavy atom. The fraction of sp³-hybridized carbons (Fsp3) is 0.227. The zero-order chi connectivity index (χ0) is 20.5. The highest BCUT2D eigenvalue weighted by molar-refractivity contribution is 6.31. The predicted molar refractivity (Wildman–Crippen MR) is 116 cm³/mol. The number of hydrogen-bond acceptors (Lipinski definition) is 4. The first-order chi connectivity index (χ1) is 14.0. The van der Waals surface area contributed by atoms with E-state index in [1.165, 1.54) is 5.01 Å². The molecule has 1 aromatic heterocycles. The molecule has 1 aliphatic rings. The number of benzene rings is 2. The van der Waals surface area contributed by atoms with E-state index in [0.717, 1.165) is 27.7 Å². The van der Waals surface area contributed by atoms with Gasteiger partial charge in [0.1, 0.15) is 10.9 Å². The van der Waals surface area contributed by atoms with Crippen LogP contribution in [0.1, 0.15) is 36.9 Å². The van der Waals surface area contributed by atoms with Crippen molar-refractivity contribution in [3.8, 4) is 5.75 Å². The molecule has 0 N–H and O–H groups in total. The molecule has 0 aliphatic carbocycles. The van der Waals surface area contributed by atoms with Crippen molar-refractivity contribution in [2.24, 2.45) is 5.10 Å². The molecule has 0 spiro atoms. The van der Waals surface area contributed by atoms with Crippen LogP contribution in [0.25, 0.3) is 10.9 Å². The Morgan fingerprint density at radius 2 is 2.03 bits per heavy atom. The van der Waals surface area contributed by atoms with Gasteiger partial charge in [0.2, 0.25) is 5.91 Å². The molecule has 4 rings (SSSR count). The summed E-state index contributed by atoms with van der Waals surface area (Å²) in [4.78, 5) is 17.1. The molecule has 5 nitrogen and oxygen atoms in total. The molecule has 0 saturated carbocycles. The number of carbonyl (C=O) groups is 1. The molecule has 2 aromatic carbocycles. The lowest BCUT2D eigenvalue weighted by atomic mass is 9.98. The van der Waals surface area contributed by atoms with E-state index in [-0.39, 0.29) is 11.9 Å². The van der Waals surface area contributed by atoms with Gasteiger partial charge >= 0.3 is 0 Å². The fourth-order valence-electron chi connectivity index (χ4n) is 3.49. The normalized spacial score (nSPS) is 16.2. The van der Waals surface area contributed by atoms with E-state index in [9.17, 15) is 4.79 Å². The second kappa shape index (κ2) is 8.01. The minimum atomic E-state index is -0.317. The third-order valence-corrected chi connectivity index (χ3v) is 5.53. The summed E-state index contributed by atoms with van der Waals surface area (Å²) in [5, 5.41) is 8.04. The Bertz CT molecular complexity index is 1130. The van der Waals surface area contributed by atoms with Crippen LogP contribution in [0.3, 0.4) is 0 Å². The number of hydrazone groups is 1. The molecule has 1 atom stereocenters. The lowest BCUT2D eigenvalue weighted by Gasteiger charge is -2.22. The van der Waals surface area contributed by atoms with E-state index in [1.807, 2.05) is 55.5 Å². The molecule has 0 radical (unpaired) electrons. The number of pyridine rings is 1. The number of carbonyl (C=O) groups excluding carboxylic acids is 1. The van der Waals surface area contributed by atoms with Crippen molar-refractivity contribution in [3.63, 3.8) is 0 Å². The number of ether oxygens (including phenoxy) is 1. The zero-order valence-corrected chi connectivity index (χ0v) is 17.5. The summed E-state index contributed by atoms with van der Waals surface area (Å²) < 4.78 is 5.26. The van der Waals surface area contributed by atoms with E-state index in [0.29, 0.717) is 28.8 Å². The Labute approximate surface area is 178 Å². The second-order valence-electron chi connectivity index (χ2n) is 6.80. The van der Waals surface area contributed by atoms with E-state index >= 15 is 0 Å². The van der Waals surface area contributed by atoms with Gasteiger partial charge in [0, 0.05) is 34.9 Å². The summed E-state index contributed by atoms with van der Waals surface area (Å²) in [5.74, 6) is 0.641. The van der Waals surface area contributed by atoms with Crippen molar-refractivity contribution in [3.05, 3.63) is 69.8 Å². The van der Waals surface area contributed by atoms with Gasteiger partial charge in [0.15, 0.2) is 0 Å². The Balaban J connectivity index is 1.76. The molecule has 1 aliphatic heterocycles. The van der Waals surface area contributed by atoms with Crippen LogP contribution >= 0.6 is 23.2 Å². The summed E-state index contributed by atoms with van der Waals surface area (Å²) in [6.45, 7) is 1.82. The first-order valence-corrected chi connectivity index (χ1v) is 10.1. The minimum absolute atomic E-state index is 0.0714.